The van der Waals surface area contributed by atoms with Crippen LogP contribution in [0.25, 0.3) is 11.4 Å². The first-order valence-corrected chi connectivity index (χ1v) is 13.9. The summed E-state index contributed by atoms with van der Waals surface area (Å²) in [6.07, 6.45) is 22.8. The molecule has 0 bridgehead atoms. The molecule has 0 radical (unpaired) electrons. The molecule has 2 heterocycles. The Morgan fingerprint density at radius 2 is 1.53 bits per heavy atom. The van der Waals surface area contributed by atoms with Gasteiger partial charge in [0.05, 0.1) is 6.10 Å². The lowest BCUT2D eigenvalue weighted by Crippen LogP contribution is -2.26. The molecule has 1 aliphatic rings. The fourth-order valence-corrected chi connectivity index (χ4v) is 4.66. The minimum atomic E-state index is -0.00178. The molecule has 4 nitrogen and oxygen atoms in total. The molecule has 3 rings (SSSR count). The standard InChI is InChI=1S/C30H46N2O2/c1-3-4-5-6-7-8-9-10-15-26-18-20-28(21-19-26)30-31-23-27(24-32-30)16-13-14-25(2)34-29-17-11-12-22-33-29/h18-21,23-25,29H,3-17,22H2,1-2H3. The molecular weight excluding hydrogens is 420 g/mol. The molecular formula is C30H46N2O2. The first kappa shape index (κ1) is 26.8. The molecule has 1 aromatic carbocycles. The van der Waals surface area contributed by atoms with Crippen molar-refractivity contribution in [1.29, 1.82) is 0 Å². The summed E-state index contributed by atoms with van der Waals surface area (Å²) in [6.45, 7) is 5.26. The van der Waals surface area contributed by atoms with Crippen molar-refractivity contribution in [3.63, 3.8) is 0 Å². The lowest BCUT2D eigenvalue weighted by Gasteiger charge is -2.26. The first-order valence-electron chi connectivity index (χ1n) is 13.9. The van der Waals surface area contributed by atoms with Crippen molar-refractivity contribution in [2.45, 2.75) is 123 Å². The van der Waals surface area contributed by atoms with Gasteiger partial charge in [0, 0.05) is 24.6 Å². The van der Waals surface area contributed by atoms with Gasteiger partial charge in [-0.25, -0.2) is 9.97 Å². The molecule has 1 saturated heterocycles. The van der Waals surface area contributed by atoms with Crippen LogP contribution in [0.1, 0.15) is 108 Å². The van der Waals surface area contributed by atoms with Crippen LogP contribution in [0.5, 0.6) is 0 Å². The van der Waals surface area contributed by atoms with Gasteiger partial charge in [0.1, 0.15) is 0 Å². The first-order chi connectivity index (χ1) is 16.7. The third-order valence-corrected chi connectivity index (χ3v) is 6.83. The van der Waals surface area contributed by atoms with E-state index < -0.39 is 0 Å². The van der Waals surface area contributed by atoms with Crippen LogP contribution in [0.4, 0.5) is 0 Å². The predicted molar refractivity (Wildman–Crippen MR) is 141 cm³/mol. The second-order valence-electron chi connectivity index (χ2n) is 9.97. The molecule has 1 aromatic heterocycles. The van der Waals surface area contributed by atoms with Gasteiger partial charge >= 0.3 is 0 Å². The molecule has 4 heteroatoms. The zero-order chi connectivity index (χ0) is 23.8. The van der Waals surface area contributed by atoms with Crippen molar-refractivity contribution in [1.82, 2.24) is 9.97 Å². The topological polar surface area (TPSA) is 44.2 Å². The van der Waals surface area contributed by atoms with Crippen molar-refractivity contribution in [2.24, 2.45) is 0 Å². The third-order valence-electron chi connectivity index (χ3n) is 6.83. The summed E-state index contributed by atoms with van der Waals surface area (Å²) in [5.41, 5.74) is 3.71. The fraction of sp³-hybridized carbons (Fsp3) is 0.667. The minimum absolute atomic E-state index is 0.00178. The van der Waals surface area contributed by atoms with Gasteiger partial charge in [0.15, 0.2) is 12.1 Å². The quantitative estimate of drug-likeness (QED) is 0.235. The molecule has 2 unspecified atom stereocenters. The molecule has 0 aliphatic carbocycles. The summed E-state index contributed by atoms with van der Waals surface area (Å²) >= 11 is 0. The van der Waals surface area contributed by atoms with E-state index in [1.165, 1.54) is 75.3 Å². The van der Waals surface area contributed by atoms with E-state index in [-0.39, 0.29) is 12.4 Å². The molecule has 2 atom stereocenters. The maximum absolute atomic E-state index is 6.02. The molecule has 1 aliphatic heterocycles. The van der Waals surface area contributed by atoms with Crippen molar-refractivity contribution in [3.8, 4) is 11.4 Å². The molecule has 34 heavy (non-hydrogen) atoms. The molecule has 0 spiro atoms. The number of hydrogen-bond donors (Lipinski definition) is 0. The number of benzene rings is 1. The molecule has 0 amide bonds. The summed E-state index contributed by atoms with van der Waals surface area (Å²) < 4.78 is 11.7. The summed E-state index contributed by atoms with van der Waals surface area (Å²) in [4.78, 5) is 9.25. The Labute approximate surface area is 207 Å². The van der Waals surface area contributed by atoms with E-state index >= 15 is 0 Å². The molecule has 1 fully saturated rings. The van der Waals surface area contributed by atoms with Crippen LogP contribution in [0.3, 0.4) is 0 Å². The lowest BCUT2D eigenvalue weighted by atomic mass is 10.0. The van der Waals surface area contributed by atoms with Crippen LogP contribution >= 0.6 is 0 Å². The Morgan fingerprint density at radius 3 is 2.21 bits per heavy atom. The monoisotopic (exact) mass is 466 g/mol. The lowest BCUT2D eigenvalue weighted by molar-refractivity contribution is -0.185. The fourth-order valence-electron chi connectivity index (χ4n) is 4.66. The van der Waals surface area contributed by atoms with E-state index in [4.69, 9.17) is 9.47 Å². The van der Waals surface area contributed by atoms with Gasteiger partial charge < -0.3 is 9.47 Å². The molecule has 0 N–H and O–H groups in total. The summed E-state index contributed by atoms with van der Waals surface area (Å²) in [5, 5.41) is 0. The third kappa shape index (κ3) is 10.2. The Balaban J connectivity index is 1.32. The highest BCUT2D eigenvalue weighted by molar-refractivity contribution is 5.55. The van der Waals surface area contributed by atoms with Gasteiger partial charge in [0.2, 0.25) is 0 Å². The van der Waals surface area contributed by atoms with Crippen molar-refractivity contribution < 1.29 is 9.47 Å². The van der Waals surface area contributed by atoms with Crippen LogP contribution in [-0.4, -0.2) is 29.0 Å². The smallest absolute Gasteiger partial charge is 0.159 e. The SMILES string of the molecule is CCCCCCCCCCc1ccc(-c2ncc(CCCC(C)OC3CCCCO3)cn2)cc1. The van der Waals surface area contributed by atoms with Gasteiger partial charge in [-0.2, -0.15) is 0 Å². The van der Waals surface area contributed by atoms with Crippen LogP contribution in [0, 0.1) is 0 Å². The van der Waals surface area contributed by atoms with Crippen molar-refractivity contribution in [2.75, 3.05) is 6.61 Å². The summed E-state index contributed by atoms with van der Waals surface area (Å²) in [5.74, 6) is 0.813. The summed E-state index contributed by atoms with van der Waals surface area (Å²) in [7, 11) is 0. The maximum atomic E-state index is 6.02. The highest BCUT2D eigenvalue weighted by Crippen LogP contribution is 2.19. The minimum Gasteiger partial charge on any atom is -0.353 e. The number of unbranched alkanes of at least 4 members (excludes halogenated alkanes) is 7. The Bertz CT molecular complexity index is 769. The van der Waals surface area contributed by atoms with Crippen LogP contribution in [-0.2, 0) is 22.3 Å². The number of nitrogens with zero attached hydrogens (tertiary/aromatic N) is 2. The van der Waals surface area contributed by atoms with E-state index in [2.05, 4.69) is 48.1 Å². The van der Waals surface area contributed by atoms with E-state index in [0.717, 1.165) is 50.1 Å². The average Bonchev–Trinajstić information content (AvgIpc) is 2.87. The normalized spacial score (nSPS) is 17.1. The highest BCUT2D eigenvalue weighted by Gasteiger charge is 2.17. The summed E-state index contributed by atoms with van der Waals surface area (Å²) in [6, 6.07) is 8.82. The number of aromatic nitrogens is 2. The molecule has 2 aromatic rings. The van der Waals surface area contributed by atoms with Crippen LogP contribution in [0.2, 0.25) is 0 Å². The second kappa shape index (κ2) is 16.0. The van der Waals surface area contributed by atoms with Crippen LogP contribution < -0.4 is 0 Å². The highest BCUT2D eigenvalue weighted by atomic mass is 16.7. The second-order valence-corrected chi connectivity index (χ2v) is 9.97. The van der Waals surface area contributed by atoms with Gasteiger partial charge in [-0.3, -0.25) is 0 Å². The van der Waals surface area contributed by atoms with Gasteiger partial charge in [0.25, 0.3) is 0 Å². The van der Waals surface area contributed by atoms with Crippen molar-refractivity contribution >= 4 is 0 Å². The number of aryl methyl sites for hydroxylation is 2. The number of rotatable bonds is 16. The Kier molecular flexibility index (Phi) is 12.6. The average molecular weight is 467 g/mol. The van der Waals surface area contributed by atoms with E-state index in [1.54, 1.807) is 0 Å². The van der Waals surface area contributed by atoms with Gasteiger partial charge in [-0.15, -0.1) is 0 Å². The maximum Gasteiger partial charge on any atom is 0.159 e. The Hall–Kier alpha value is -1.78. The number of hydrogen-bond acceptors (Lipinski definition) is 4. The zero-order valence-corrected chi connectivity index (χ0v) is 21.6. The number of ether oxygens (including phenoxy) is 2. The largest absolute Gasteiger partial charge is 0.353 e. The van der Waals surface area contributed by atoms with Crippen LogP contribution in [0.15, 0.2) is 36.7 Å². The van der Waals surface area contributed by atoms with E-state index in [9.17, 15) is 0 Å². The molecule has 188 valence electrons. The van der Waals surface area contributed by atoms with Gasteiger partial charge in [-0.05, 0) is 69.4 Å². The van der Waals surface area contributed by atoms with E-state index in [0.29, 0.717) is 0 Å². The van der Waals surface area contributed by atoms with Crippen molar-refractivity contribution in [3.05, 3.63) is 47.8 Å². The Morgan fingerprint density at radius 1 is 0.853 bits per heavy atom. The zero-order valence-electron chi connectivity index (χ0n) is 21.6. The van der Waals surface area contributed by atoms with Gasteiger partial charge in [-0.1, -0.05) is 76.1 Å². The van der Waals surface area contributed by atoms with E-state index in [1.807, 2.05) is 12.4 Å². The molecule has 0 saturated carbocycles. The predicted octanol–water partition coefficient (Wildman–Crippen LogP) is 8.08.